The Labute approximate surface area is 114 Å². The van der Waals surface area contributed by atoms with E-state index in [0.717, 1.165) is 38.0 Å². The molecule has 1 aromatic heterocycles. The van der Waals surface area contributed by atoms with Crippen molar-refractivity contribution < 1.29 is 4.79 Å². The summed E-state index contributed by atoms with van der Waals surface area (Å²) in [5.41, 5.74) is 0.579. The van der Waals surface area contributed by atoms with Crippen LogP contribution in [-0.4, -0.2) is 28.8 Å². The second-order valence-electron chi connectivity index (χ2n) is 5.64. The molecule has 1 aromatic rings. The Morgan fingerprint density at radius 3 is 2.74 bits per heavy atom. The fraction of sp³-hybridized carbons (Fsp3) is 0.714. The number of rotatable bonds is 4. The molecule has 0 bridgehead atoms. The summed E-state index contributed by atoms with van der Waals surface area (Å²) in [4.78, 5) is 12.5. The number of aromatic nitrogens is 2. The van der Waals surface area contributed by atoms with E-state index in [4.69, 9.17) is 0 Å². The van der Waals surface area contributed by atoms with Crippen LogP contribution in [0, 0.1) is 5.41 Å². The van der Waals surface area contributed by atoms with Crippen molar-refractivity contribution in [3.63, 3.8) is 0 Å². The largest absolute Gasteiger partial charge is 0.323 e. The van der Waals surface area contributed by atoms with Crippen molar-refractivity contribution in [1.29, 1.82) is 0 Å². The van der Waals surface area contributed by atoms with Crippen molar-refractivity contribution in [2.45, 2.75) is 46.1 Å². The monoisotopic (exact) mass is 264 g/mol. The zero-order valence-corrected chi connectivity index (χ0v) is 12.1. The summed E-state index contributed by atoms with van der Waals surface area (Å²) in [6.07, 6.45) is 6.33. The van der Waals surface area contributed by atoms with E-state index in [1.54, 1.807) is 6.20 Å². The molecule has 5 nitrogen and oxygen atoms in total. The van der Waals surface area contributed by atoms with Crippen LogP contribution >= 0.6 is 0 Å². The zero-order valence-electron chi connectivity index (χ0n) is 12.1. The van der Waals surface area contributed by atoms with Crippen molar-refractivity contribution in [3.8, 4) is 0 Å². The molecule has 2 N–H and O–H groups in total. The van der Waals surface area contributed by atoms with Crippen molar-refractivity contribution in [2.75, 3.05) is 18.4 Å². The van der Waals surface area contributed by atoms with Crippen LogP contribution in [0.2, 0.25) is 0 Å². The Hall–Kier alpha value is -1.36. The fourth-order valence-corrected chi connectivity index (χ4v) is 2.60. The number of hydrogen-bond acceptors (Lipinski definition) is 3. The highest BCUT2D eigenvalue weighted by Gasteiger charge is 2.37. The highest BCUT2D eigenvalue weighted by Crippen LogP contribution is 2.33. The summed E-state index contributed by atoms with van der Waals surface area (Å²) in [7, 11) is 0. The molecule has 1 aliphatic heterocycles. The zero-order chi connectivity index (χ0) is 13.9. The van der Waals surface area contributed by atoms with Crippen LogP contribution in [0.5, 0.6) is 0 Å². The Kier molecular flexibility index (Phi) is 4.24. The molecule has 0 spiro atoms. The molecule has 0 saturated carbocycles. The lowest BCUT2D eigenvalue weighted by molar-refractivity contribution is -0.127. The third kappa shape index (κ3) is 2.97. The maximum atomic E-state index is 12.5. The minimum atomic E-state index is -0.217. The first kappa shape index (κ1) is 14.1. The quantitative estimate of drug-likeness (QED) is 0.876. The van der Waals surface area contributed by atoms with Crippen molar-refractivity contribution >= 4 is 11.6 Å². The Morgan fingerprint density at radius 2 is 2.21 bits per heavy atom. The third-order valence-corrected chi connectivity index (χ3v) is 4.11. The SMILES string of the molecule is CCC1(C(=O)Nc2cnn(C(C)C)c2)CCNCC1. The van der Waals surface area contributed by atoms with Gasteiger partial charge in [0.2, 0.25) is 5.91 Å². The molecule has 0 aliphatic carbocycles. The first-order valence-corrected chi connectivity index (χ1v) is 7.14. The molecule has 0 atom stereocenters. The summed E-state index contributed by atoms with van der Waals surface area (Å²) in [6.45, 7) is 8.08. The van der Waals surface area contributed by atoms with E-state index in [9.17, 15) is 4.79 Å². The number of carbonyl (C=O) groups is 1. The van der Waals surface area contributed by atoms with Gasteiger partial charge in [0.25, 0.3) is 0 Å². The predicted octanol–water partition coefficient (Wildman–Crippen LogP) is 2.18. The second-order valence-corrected chi connectivity index (χ2v) is 5.64. The van der Waals surface area contributed by atoms with Gasteiger partial charge in [0.1, 0.15) is 0 Å². The van der Waals surface area contributed by atoms with Gasteiger partial charge in [-0.2, -0.15) is 5.10 Å². The first-order valence-electron chi connectivity index (χ1n) is 7.14. The number of nitrogens with zero attached hydrogens (tertiary/aromatic N) is 2. The molecule has 1 fully saturated rings. The number of carbonyl (C=O) groups excluding carboxylic acids is 1. The normalized spacial score (nSPS) is 18.5. The minimum absolute atomic E-state index is 0.139. The summed E-state index contributed by atoms with van der Waals surface area (Å²) in [5, 5.41) is 10.6. The highest BCUT2D eigenvalue weighted by molar-refractivity contribution is 5.95. The van der Waals surface area contributed by atoms with Gasteiger partial charge in [-0.25, -0.2) is 0 Å². The smallest absolute Gasteiger partial charge is 0.230 e. The van der Waals surface area contributed by atoms with Gasteiger partial charge in [0, 0.05) is 12.2 Å². The van der Waals surface area contributed by atoms with Gasteiger partial charge in [-0.05, 0) is 46.2 Å². The number of nitrogens with one attached hydrogen (secondary N) is 2. The van der Waals surface area contributed by atoms with E-state index in [1.807, 2.05) is 10.9 Å². The molecule has 0 aromatic carbocycles. The van der Waals surface area contributed by atoms with Crippen LogP contribution in [0.3, 0.4) is 0 Å². The average Bonchev–Trinajstić information content (AvgIpc) is 2.88. The summed E-state index contributed by atoms with van der Waals surface area (Å²) >= 11 is 0. The summed E-state index contributed by atoms with van der Waals surface area (Å²) < 4.78 is 1.86. The molecular weight excluding hydrogens is 240 g/mol. The molecule has 106 valence electrons. The molecule has 1 aliphatic rings. The molecule has 1 saturated heterocycles. The van der Waals surface area contributed by atoms with Crippen molar-refractivity contribution in [2.24, 2.45) is 5.41 Å². The summed E-state index contributed by atoms with van der Waals surface area (Å²) in [6, 6.07) is 0.310. The molecule has 2 heterocycles. The van der Waals surface area contributed by atoms with Gasteiger partial charge in [-0.1, -0.05) is 6.92 Å². The Bertz CT molecular complexity index is 432. The van der Waals surface area contributed by atoms with Crippen LogP contribution in [-0.2, 0) is 4.79 Å². The van der Waals surface area contributed by atoms with E-state index in [2.05, 4.69) is 36.5 Å². The topological polar surface area (TPSA) is 59.0 Å². The van der Waals surface area contributed by atoms with Crippen molar-refractivity contribution in [1.82, 2.24) is 15.1 Å². The van der Waals surface area contributed by atoms with Gasteiger partial charge in [-0.3, -0.25) is 9.48 Å². The molecular formula is C14H24N4O. The van der Waals surface area contributed by atoms with Gasteiger partial charge in [0.05, 0.1) is 17.3 Å². The van der Waals surface area contributed by atoms with Crippen LogP contribution in [0.25, 0.3) is 0 Å². The van der Waals surface area contributed by atoms with E-state index in [0.29, 0.717) is 6.04 Å². The van der Waals surface area contributed by atoms with Crippen LogP contribution in [0.1, 0.15) is 46.1 Å². The minimum Gasteiger partial charge on any atom is -0.323 e. The lowest BCUT2D eigenvalue weighted by atomic mass is 9.76. The number of anilines is 1. The van der Waals surface area contributed by atoms with Crippen LogP contribution in [0.15, 0.2) is 12.4 Å². The molecule has 0 radical (unpaired) electrons. The molecule has 5 heteroatoms. The van der Waals surface area contributed by atoms with Gasteiger partial charge in [-0.15, -0.1) is 0 Å². The maximum absolute atomic E-state index is 12.5. The molecule has 1 amide bonds. The van der Waals surface area contributed by atoms with Crippen LogP contribution < -0.4 is 10.6 Å². The number of hydrogen-bond donors (Lipinski definition) is 2. The highest BCUT2D eigenvalue weighted by atomic mass is 16.2. The predicted molar refractivity (Wildman–Crippen MR) is 76.1 cm³/mol. The third-order valence-electron chi connectivity index (χ3n) is 4.11. The van der Waals surface area contributed by atoms with Gasteiger partial charge in [0.15, 0.2) is 0 Å². The molecule has 19 heavy (non-hydrogen) atoms. The lowest BCUT2D eigenvalue weighted by Crippen LogP contribution is -2.44. The first-order chi connectivity index (χ1) is 9.07. The maximum Gasteiger partial charge on any atom is 0.230 e. The summed E-state index contributed by atoms with van der Waals surface area (Å²) in [5.74, 6) is 0.139. The lowest BCUT2D eigenvalue weighted by Gasteiger charge is -2.35. The van der Waals surface area contributed by atoms with E-state index >= 15 is 0 Å². The van der Waals surface area contributed by atoms with Gasteiger partial charge >= 0.3 is 0 Å². The second kappa shape index (κ2) is 5.74. The van der Waals surface area contributed by atoms with E-state index < -0.39 is 0 Å². The molecule has 2 rings (SSSR count). The van der Waals surface area contributed by atoms with Crippen molar-refractivity contribution in [3.05, 3.63) is 12.4 Å². The van der Waals surface area contributed by atoms with Crippen LogP contribution in [0.4, 0.5) is 5.69 Å². The van der Waals surface area contributed by atoms with E-state index in [-0.39, 0.29) is 11.3 Å². The number of piperidine rings is 1. The average molecular weight is 264 g/mol. The fourth-order valence-electron chi connectivity index (χ4n) is 2.60. The van der Waals surface area contributed by atoms with Gasteiger partial charge < -0.3 is 10.6 Å². The Balaban J connectivity index is 2.06. The Morgan fingerprint density at radius 1 is 1.53 bits per heavy atom. The standard InChI is InChI=1S/C14H24N4O/c1-4-14(5-7-15-8-6-14)13(19)17-12-9-16-18(10-12)11(2)3/h9-11,15H,4-8H2,1-3H3,(H,17,19). The van der Waals surface area contributed by atoms with E-state index in [1.165, 1.54) is 0 Å². The molecule has 0 unspecified atom stereocenters. The number of amides is 1.